The fraction of sp³-hybridized carbons (Fsp3) is 0.227. The minimum atomic E-state index is -4.06. The summed E-state index contributed by atoms with van der Waals surface area (Å²) in [4.78, 5) is 3.98. The summed E-state index contributed by atoms with van der Waals surface area (Å²) in [5.74, 6) is 0.674. The van der Waals surface area contributed by atoms with Crippen LogP contribution in [0, 0.1) is 6.92 Å². The maximum Gasteiger partial charge on any atom is 0.244 e. The molecule has 0 amide bonds. The molecule has 1 N–H and O–H groups in total. The molecule has 0 fully saturated rings. The van der Waals surface area contributed by atoms with Gasteiger partial charge in [0, 0.05) is 18.9 Å². The van der Waals surface area contributed by atoms with Gasteiger partial charge in [0.15, 0.2) is 9.84 Å². The van der Waals surface area contributed by atoms with Crippen molar-refractivity contribution >= 4 is 19.9 Å². The molecule has 0 radical (unpaired) electrons. The van der Waals surface area contributed by atoms with E-state index in [0.717, 1.165) is 5.56 Å². The molecular weight excluding hydrogens is 452 g/mol. The Morgan fingerprint density at radius 1 is 0.969 bits per heavy atom. The number of aromatic nitrogens is 1. The third-order valence-corrected chi connectivity index (χ3v) is 8.45. The highest BCUT2D eigenvalue weighted by Gasteiger charge is 2.31. The number of pyridine rings is 1. The van der Waals surface area contributed by atoms with E-state index in [1.807, 2.05) is 0 Å². The molecule has 0 bridgehead atoms. The van der Waals surface area contributed by atoms with Crippen molar-refractivity contribution in [1.29, 1.82) is 0 Å². The van der Waals surface area contributed by atoms with E-state index in [1.165, 1.54) is 56.9 Å². The molecule has 3 aromatic rings. The summed E-state index contributed by atoms with van der Waals surface area (Å²) < 4.78 is 65.6. The second-order valence-electron chi connectivity index (χ2n) is 7.00. The molecule has 0 aliphatic heterocycles. The molecule has 1 unspecified atom stereocenters. The molecule has 0 saturated carbocycles. The van der Waals surface area contributed by atoms with Gasteiger partial charge in [0.25, 0.3) is 0 Å². The molecule has 0 aliphatic carbocycles. The van der Waals surface area contributed by atoms with Crippen molar-refractivity contribution in [2.75, 3.05) is 20.8 Å². The highest BCUT2D eigenvalue weighted by molar-refractivity contribution is 7.92. The van der Waals surface area contributed by atoms with E-state index in [1.54, 1.807) is 31.2 Å². The predicted octanol–water partition coefficient (Wildman–Crippen LogP) is 2.90. The Hall–Kier alpha value is -2.95. The van der Waals surface area contributed by atoms with Gasteiger partial charge in [0.1, 0.15) is 21.6 Å². The van der Waals surface area contributed by atoms with Gasteiger partial charge in [-0.25, -0.2) is 21.6 Å². The van der Waals surface area contributed by atoms with E-state index in [2.05, 4.69) is 9.71 Å². The zero-order valence-electron chi connectivity index (χ0n) is 17.8. The molecule has 0 spiro atoms. The molecule has 10 heteroatoms. The second kappa shape index (κ2) is 9.68. The van der Waals surface area contributed by atoms with Gasteiger partial charge >= 0.3 is 0 Å². The van der Waals surface area contributed by atoms with Crippen LogP contribution in [0.4, 0.5) is 0 Å². The van der Waals surface area contributed by atoms with Gasteiger partial charge in [-0.1, -0.05) is 12.1 Å². The monoisotopic (exact) mass is 476 g/mol. The Kier molecular flexibility index (Phi) is 7.17. The van der Waals surface area contributed by atoms with E-state index in [4.69, 9.17) is 9.47 Å². The quantitative estimate of drug-likeness (QED) is 0.505. The average molecular weight is 477 g/mol. The number of benzene rings is 2. The van der Waals surface area contributed by atoms with Crippen molar-refractivity contribution in [2.45, 2.75) is 22.0 Å². The van der Waals surface area contributed by atoms with Gasteiger partial charge in [-0.05, 0) is 60.5 Å². The van der Waals surface area contributed by atoms with Crippen LogP contribution in [0.25, 0.3) is 0 Å². The Labute approximate surface area is 188 Å². The van der Waals surface area contributed by atoms with E-state index in [9.17, 15) is 16.8 Å². The summed E-state index contributed by atoms with van der Waals surface area (Å²) in [5, 5.41) is -1.20. The maximum atomic E-state index is 13.4. The Morgan fingerprint density at radius 3 is 2.28 bits per heavy atom. The van der Waals surface area contributed by atoms with E-state index < -0.39 is 25.1 Å². The first kappa shape index (κ1) is 23.7. The maximum absolute atomic E-state index is 13.4. The Balaban J connectivity index is 1.98. The van der Waals surface area contributed by atoms with Crippen LogP contribution in [0.5, 0.6) is 11.5 Å². The average Bonchev–Trinajstić information content (AvgIpc) is 2.79. The van der Waals surface area contributed by atoms with Gasteiger partial charge in [0.2, 0.25) is 10.0 Å². The van der Waals surface area contributed by atoms with Crippen LogP contribution in [-0.4, -0.2) is 42.6 Å². The normalized spacial score (nSPS) is 12.8. The third-order valence-electron chi connectivity index (χ3n) is 4.89. The van der Waals surface area contributed by atoms with Crippen molar-refractivity contribution < 1.29 is 26.3 Å². The molecule has 3 rings (SSSR count). The predicted molar refractivity (Wildman–Crippen MR) is 120 cm³/mol. The highest BCUT2D eigenvalue weighted by Crippen LogP contribution is 2.30. The standard InChI is InChI=1S/C22H24N2O6S2/c1-16-6-11-20(30-3)21(13-16)32(27,28)24-15-22(17-5-4-12-23-14-17)31(25,26)19-9-7-18(29-2)8-10-19/h4-14,22,24H,15H2,1-3H3. The zero-order valence-corrected chi connectivity index (χ0v) is 19.5. The Morgan fingerprint density at radius 2 is 1.69 bits per heavy atom. The number of nitrogens with one attached hydrogen (secondary N) is 1. The van der Waals surface area contributed by atoms with Crippen molar-refractivity contribution in [2.24, 2.45) is 0 Å². The van der Waals surface area contributed by atoms with Crippen LogP contribution in [0.2, 0.25) is 0 Å². The van der Waals surface area contributed by atoms with Crippen molar-refractivity contribution in [3.8, 4) is 11.5 Å². The fourth-order valence-electron chi connectivity index (χ4n) is 3.16. The first-order chi connectivity index (χ1) is 15.2. The molecule has 1 heterocycles. The molecule has 2 aromatic carbocycles. The summed E-state index contributed by atoms with van der Waals surface area (Å²) in [6, 6.07) is 13.9. The first-order valence-corrected chi connectivity index (χ1v) is 12.6. The lowest BCUT2D eigenvalue weighted by Gasteiger charge is -2.19. The van der Waals surface area contributed by atoms with Gasteiger partial charge in [-0.3, -0.25) is 4.98 Å². The van der Waals surface area contributed by atoms with Crippen LogP contribution < -0.4 is 14.2 Å². The van der Waals surface area contributed by atoms with E-state index >= 15 is 0 Å². The fourth-order valence-corrected chi connectivity index (χ4v) is 6.21. The molecule has 32 heavy (non-hydrogen) atoms. The van der Waals surface area contributed by atoms with Gasteiger partial charge in [-0.2, -0.15) is 0 Å². The molecule has 0 saturated heterocycles. The number of ether oxygens (including phenoxy) is 2. The zero-order chi connectivity index (χ0) is 23.4. The summed E-state index contributed by atoms with van der Waals surface area (Å²) in [5.41, 5.74) is 1.09. The number of sulfone groups is 1. The van der Waals surface area contributed by atoms with E-state index in [0.29, 0.717) is 11.3 Å². The lowest BCUT2D eigenvalue weighted by molar-refractivity contribution is 0.402. The second-order valence-corrected chi connectivity index (χ2v) is 10.9. The van der Waals surface area contributed by atoms with E-state index in [-0.39, 0.29) is 22.1 Å². The lowest BCUT2D eigenvalue weighted by atomic mass is 10.2. The van der Waals surface area contributed by atoms with Crippen molar-refractivity contribution in [1.82, 2.24) is 9.71 Å². The SMILES string of the molecule is COc1ccc(S(=O)(=O)C(CNS(=O)(=O)c2cc(C)ccc2OC)c2cccnc2)cc1. The number of nitrogens with zero attached hydrogens (tertiary/aromatic N) is 1. The minimum Gasteiger partial charge on any atom is -0.497 e. The van der Waals surface area contributed by atoms with Crippen molar-refractivity contribution in [3.05, 3.63) is 78.1 Å². The number of sulfonamides is 1. The van der Waals surface area contributed by atoms with Gasteiger partial charge in [-0.15, -0.1) is 0 Å². The Bertz CT molecular complexity index is 1280. The van der Waals surface area contributed by atoms with Crippen LogP contribution in [0.15, 0.2) is 76.8 Å². The highest BCUT2D eigenvalue weighted by atomic mass is 32.2. The number of hydrogen-bond acceptors (Lipinski definition) is 7. The largest absolute Gasteiger partial charge is 0.497 e. The number of rotatable bonds is 9. The summed E-state index contributed by atoms with van der Waals surface area (Å²) in [7, 11) is -5.17. The first-order valence-electron chi connectivity index (χ1n) is 9.61. The van der Waals surface area contributed by atoms with Crippen LogP contribution in [0.3, 0.4) is 0 Å². The van der Waals surface area contributed by atoms with Crippen LogP contribution >= 0.6 is 0 Å². The van der Waals surface area contributed by atoms with Gasteiger partial charge < -0.3 is 9.47 Å². The summed E-state index contributed by atoms with van der Waals surface area (Å²) >= 11 is 0. The van der Waals surface area contributed by atoms with Crippen LogP contribution in [-0.2, 0) is 19.9 Å². The number of methoxy groups -OCH3 is 2. The number of aryl methyl sites for hydroxylation is 1. The summed E-state index contributed by atoms with van der Waals surface area (Å²) in [6.07, 6.45) is 2.93. The molecule has 8 nitrogen and oxygen atoms in total. The smallest absolute Gasteiger partial charge is 0.244 e. The molecular formula is C22H24N2O6S2. The summed E-state index contributed by atoms with van der Waals surface area (Å²) in [6.45, 7) is 1.37. The lowest BCUT2D eigenvalue weighted by Crippen LogP contribution is -2.32. The molecule has 1 atom stereocenters. The molecule has 170 valence electrons. The minimum absolute atomic E-state index is 0.0412. The number of hydrogen-bond donors (Lipinski definition) is 1. The topological polar surface area (TPSA) is 112 Å². The third kappa shape index (κ3) is 5.09. The molecule has 1 aromatic heterocycles. The van der Waals surface area contributed by atoms with Crippen molar-refractivity contribution in [3.63, 3.8) is 0 Å². The van der Waals surface area contributed by atoms with Crippen LogP contribution in [0.1, 0.15) is 16.4 Å². The molecule has 0 aliphatic rings. The van der Waals surface area contributed by atoms with Gasteiger partial charge in [0.05, 0.1) is 19.1 Å².